The molecule has 1 N–H and O–H groups in total. The molecule has 1 atom stereocenters. The van der Waals surface area contributed by atoms with Gasteiger partial charge in [-0.25, -0.2) is 4.79 Å². The fraction of sp³-hybridized carbons (Fsp3) is 0.211. The lowest BCUT2D eigenvalue weighted by Crippen LogP contribution is -2.16. The summed E-state index contributed by atoms with van der Waals surface area (Å²) in [7, 11) is 0. The zero-order valence-corrected chi connectivity index (χ0v) is 12.8. The van der Waals surface area contributed by atoms with E-state index >= 15 is 0 Å². The summed E-state index contributed by atoms with van der Waals surface area (Å²) in [5.74, 6) is -0.335. The maximum Gasteiger partial charge on any atom is 0.333 e. The van der Waals surface area contributed by atoms with E-state index in [1.165, 1.54) is 0 Å². The Hall–Kier alpha value is -2.55. The van der Waals surface area contributed by atoms with Gasteiger partial charge in [-0.05, 0) is 24.6 Å². The van der Waals surface area contributed by atoms with Crippen molar-refractivity contribution in [2.75, 3.05) is 11.9 Å². The summed E-state index contributed by atoms with van der Waals surface area (Å²) >= 11 is 0. The molecule has 1 unspecified atom stereocenters. The Morgan fingerprint density at radius 2 is 1.68 bits per heavy atom. The molecule has 0 saturated carbocycles. The van der Waals surface area contributed by atoms with E-state index in [1.54, 1.807) is 6.92 Å². The highest BCUT2D eigenvalue weighted by atomic mass is 16.5. The SMILES string of the molecule is C=C(CC(Nc1ccccc1)c1ccccc1)C(=O)OCC. The van der Waals surface area contributed by atoms with Gasteiger partial charge in [0.15, 0.2) is 0 Å². The minimum absolute atomic E-state index is 0.0273. The summed E-state index contributed by atoms with van der Waals surface area (Å²) < 4.78 is 5.02. The van der Waals surface area contributed by atoms with Crippen LogP contribution in [0.25, 0.3) is 0 Å². The Balaban J connectivity index is 2.15. The highest BCUT2D eigenvalue weighted by Crippen LogP contribution is 2.25. The van der Waals surface area contributed by atoms with E-state index in [0.29, 0.717) is 18.6 Å². The van der Waals surface area contributed by atoms with Crippen LogP contribution in [0.15, 0.2) is 72.8 Å². The quantitative estimate of drug-likeness (QED) is 0.609. The van der Waals surface area contributed by atoms with Gasteiger partial charge in [0.1, 0.15) is 0 Å². The fourth-order valence-electron chi connectivity index (χ4n) is 2.24. The van der Waals surface area contributed by atoms with Crippen LogP contribution in [0, 0.1) is 0 Å². The molecule has 2 rings (SSSR count). The molecule has 0 amide bonds. The molecule has 0 bridgehead atoms. The van der Waals surface area contributed by atoms with Crippen molar-refractivity contribution in [2.24, 2.45) is 0 Å². The minimum Gasteiger partial charge on any atom is -0.463 e. The van der Waals surface area contributed by atoms with E-state index in [1.807, 2.05) is 60.7 Å². The predicted molar refractivity (Wildman–Crippen MR) is 89.6 cm³/mol. The Morgan fingerprint density at radius 3 is 2.27 bits per heavy atom. The number of anilines is 1. The molecule has 3 nitrogen and oxygen atoms in total. The second-order valence-electron chi connectivity index (χ2n) is 5.00. The molecule has 3 heteroatoms. The van der Waals surface area contributed by atoms with Gasteiger partial charge in [-0.2, -0.15) is 0 Å². The standard InChI is InChI=1S/C19H21NO2/c1-3-22-19(21)15(2)14-18(16-10-6-4-7-11-16)20-17-12-8-5-9-13-17/h4-13,18,20H,2-3,14H2,1H3. The summed E-state index contributed by atoms with van der Waals surface area (Å²) in [6.45, 7) is 6.02. The summed E-state index contributed by atoms with van der Waals surface area (Å²) in [6.07, 6.45) is 0.498. The number of benzene rings is 2. The van der Waals surface area contributed by atoms with Gasteiger partial charge in [-0.1, -0.05) is 55.1 Å². The smallest absolute Gasteiger partial charge is 0.333 e. The van der Waals surface area contributed by atoms with Crippen LogP contribution in [0.3, 0.4) is 0 Å². The molecule has 22 heavy (non-hydrogen) atoms. The average Bonchev–Trinajstić information content (AvgIpc) is 2.56. The number of carbonyl (C=O) groups is 1. The Kier molecular flexibility index (Phi) is 5.78. The first-order valence-electron chi connectivity index (χ1n) is 7.42. The second kappa shape index (κ2) is 8.03. The van der Waals surface area contributed by atoms with Crippen LogP contribution in [-0.2, 0) is 9.53 Å². The number of nitrogens with one attached hydrogen (secondary N) is 1. The molecule has 0 aromatic heterocycles. The lowest BCUT2D eigenvalue weighted by Gasteiger charge is -2.21. The molecule has 2 aromatic rings. The van der Waals surface area contributed by atoms with Gasteiger partial charge >= 0.3 is 5.97 Å². The summed E-state index contributed by atoms with van der Waals surface area (Å²) in [4.78, 5) is 11.8. The van der Waals surface area contributed by atoms with Crippen LogP contribution < -0.4 is 5.32 Å². The zero-order valence-electron chi connectivity index (χ0n) is 12.8. The first-order chi connectivity index (χ1) is 10.7. The lowest BCUT2D eigenvalue weighted by molar-refractivity contribution is -0.138. The molecule has 2 aromatic carbocycles. The molecule has 0 spiro atoms. The van der Waals surface area contributed by atoms with Gasteiger partial charge < -0.3 is 10.1 Å². The zero-order chi connectivity index (χ0) is 15.8. The molecule has 0 fully saturated rings. The van der Waals surface area contributed by atoms with Crippen LogP contribution >= 0.6 is 0 Å². The van der Waals surface area contributed by atoms with E-state index in [4.69, 9.17) is 4.74 Å². The van der Waals surface area contributed by atoms with Crippen molar-refractivity contribution in [3.63, 3.8) is 0 Å². The lowest BCUT2D eigenvalue weighted by atomic mass is 9.99. The largest absolute Gasteiger partial charge is 0.463 e. The van der Waals surface area contributed by atoms with Crippen LogP contribution in [0.5, 0.6) is 0 Å². The first-order valence-corrected chi connectivity index (χ1v) is 7.42. The second-order valence-corrected chi connectivity index (χ2v) is 5.00. The first kappa shape index (κ1) is 15.8. The number of para-hydroxylation sites is 1. The predicted octanol–water partition coefficient (Wildman–Crippen LogP) is 4.35. The molecule has 0 aliphatic heterocycles. The van der Waals surface area contributed by atoms with Crippen molar-refractivity contribution in [1.82, 2.24) is 0 Å². The average molecular weight is 295 g/mol. The number of rotatable bonds is 7. The van der Waals surface area contributed by atoms with Crippen molar-refractivity contribution < 1.29 is 9.53 Å². The van der Waals surface area contributed by atoms with E-state index in [0.717, 1.165) is 11.3 Å². The van der Waals surface area contributed by atoms with E-state index in [9.17, 15) is 4.79 Å². The number of hydrogen-bond donors (Lipinski definition) is 1. The van der Waals surface area contributed by atoms with E-state index in [-0.39, 0.29) is 12.0 Å². The Morgan fingerprint density at radius 1 is 1.09 bits per heavy atom. The third-order valence-electron chi connectivity index (χ3n) is 3.33. The third-order valence-corrected chi connectivity index (χ3v) is 3.33. The van der Waals surface area contributed by atoms with Gasteiger partial charge in [0.2, 0.25) is 0 Å². The number of esters is 1. The van der Waals surface area contributed by atoms with E-state index in [2.05, 4.69) is 11.9 Å². The maximum atomic E-state index is 11.8. The van der Waals surface area contributed by atoms with Gasteiger partial charge in [0.25, 0.3) is 0 Å². The molecular formula is C19H21NO2. The number of ether oxygens (including phenoxy) is 1. The van der Waals surface area contributed by atoms with Gasteiger partial charge in [-0.15, -0.1) is 0 Å². The molecular weight excluding hydrogens is 274 g/mol. The van der Waals surface area contributed by atoms with Crippen molar-refractivity contribution in [1.29, 1.82) is 0 Å². The topological polar surface area (TPSA) is 38.3 Å². The molecule has 0 aliphatic carbocycles. The number of carbonyl (C=O) groups excluding carboxylic acids is 1. The molecule has 0 heterocycles. The molecule has 0 saturated heterocycles. The highest BCUT2D eigenvalue weighted by Gasteiger charge is 2.17. The third kappa shape index (κ3) is 4.48. The molecule has 0 radical (unpaired) electrons. The summed E-state index contributed by atoms with van der Waals surface area (Å²) in [6, 6.07) is 19.9. The van der Waals surface area contributed by atoms with Gasteiger partial charge in [-0.3, -0.25) is 0 Å². The van der Waals surface area contributed by atoms with Crippen LogP contribution in [0.4, 0.5) is 5.69 Å². The monoisotopic (exact) mass is 295 g/mol. The molecule has 0 aliphatic rings. The van der Waals surface area contributed by atoms with Crippen LogP contribution in [0.1, 0.15) is 24.9 Å². The van der Waals surface area contributed by atoms with Gasteiger partial charge in [0.05, 0.1) is 12.6 Å². The van der Waals surface area contributed by atoms with Crippen molar-refractivity contribution in [3.8, 4) is 0 Å². The highest BCUT2D eigenvalue weighted by molar-refractivity contribution is 5.87. The van der Waals surface area contributed by atoms with Crippen LogP contribution in [0.2, 0.25) is 0 Å². The number of hydrogen-bond acceptors (Lipinski definition) is 3. The Labute approximate surface area is 131 Å². The Bertz CT molecular complexity index is 608. The van der Waals surface area contributed by atoms with E-state index < -0.39 is 0 Å². The van der Waals surface area contributed by atoms with Gasteiger partial charge in [0, 0.05) is 17.7 Å². The fourth-order valence-corrected chi connectivity index (χ4v) is 2.24. The molecule has 114 valence electrons. The van der Waals surface area contributed by atoms with Crippen molar-refractivity contribution in [3.05, 3.63) is 78.4 Å². The maximum absolute atomic E-state index is 11.8. The summed E-state index contributed by atoms with van der Waals surface area (Å²) in [5, 5.41) is 3.45. The van der Waals surface area contributed by atoms with Crippen molar-refractivity contribution in [2.45, 2.75) is 19.4 Å². The minimum atomic E-state index is -0.335. The van der Waals surface area contributed by atoms with Crippen molar-refractivity contribution >= 4 is 11.7 Å². The normalized spacial score (nSPS) is 11.5. The summed E-state index contributed by atoms with van der Waals surface area (Å²) in [5.41, 5.74) is 2.59. The van der Waals surface area contributed by atoms with Crippen LogP contribution in [-0.4, -0.2) is 12.6 Å².